The van der Waals surface area contributed by atoms with E-state index in [1.807, 2.05) is 31.2 Å². The summed E-state index contributed by atoms with van der Waals surface area (Å²) in [7, 11) is 1.61. The summed E-state index contributed by atoms with van der Waals surface area (Å²) in [5.41, 5.74) is 3.12. The molecule has 0 saturated carbocycles. The number of likely N-dealkylation sites (N-methyl/N-ethyl adjacent to an activating group) is 1. The van der Waals surface area contributed by atoms with Gasteiger partial charge in [-0.1, -0.05) is 53.7 Å². The van der Waals surface area contributed by atoms with E-state index in [-0.39, 0.29) is 11.8 Å². The van der Waals surface area contributed by atoms with Gasteiger partial charge in [0, 0.05) is 24.1 Å². The summed E-state index contributed by atoms with van der Waals surface area (Å²) >= 11 is 1.23. The molecule has 1 heterocycles. The Morgan fingerprint density at radius 2 is 1.71 bits per heavy atom. The van der Waals surface area contributed by atoms with E-state index in [0.717, 1.165) is 22.6 Å². The van der Waals surface area contributed by atoms with Gasteiger partial charge in [0.15, 0.2) is 0 Å². The molecule has 0 atom stereocenters. The van der Waals surface area contributed by atoms with Crippen LogP contribution in [0, 0.1) is 6.92 Å². The monoisotopic (exact) mass is 496 g/mol. The predicted octanol–water partition coefficient (Wildman–Crippen LogP) is 6.10. The number of aryl methyl sites for hydroxylation is 1. The number of hydrogen-bond donors (Lipinski definition) is 1. The van der Waals surface area contributed by atoms with Crippen molar-refractivity contribution in [2.24, 2.45) is 0 Å². The van der Waals surface area contributed by atoms with Crippen molar-refractivity contribution in [3.63, 3.8) is 0 Å². The van der Waals surface area contributed by atoms with E-state index >= 15 is 0 Å². The lowest BCUT2D eigenvalue weighted by Crippen LogP contribution is -2.31. The van der Waals surface area contributed by atoms with Crippen LogP contribution in [0.15, 0.2) is 76.5 Å². The zero-order valence-electron chi connectivity index (χ0n) is 19.1. The van der Waals surface area contributed by atoms with Gasteiger partial charge in [-0.3, -0.25) is 9.59 Å². The van der Waals surface area contributed by atoms with Crippen LogP contribution in [0.4, 0.5) is 18.9 Å². The second kappa shape index (κ2) is 10.00. The minimum atomic E-state index is -4.41. The van der Waals surface area contributed by atoms with Gasteiger partial charge in [0.1, 0.15) is 0 Å². The number of thioether (sulfide) groups is 1. The molecule has 1 aliphatic heterocycles. The Balaban J connectivity index is 1.45. The summed E-state index contributed by atoms with van der Waals surface area (Å²) in [6.45, 7) is 2.51. The summed E-state index contributed by atoms with van der Waals surface area (Å²) in [6, 6.07) is 17.9. The first-order chi connectivity index (χ1) is 16.6. The average Bonchev–Trinajstić information content (AvgIpc) is 2.83. The fourth-order valence-electron chi connectivity index (χ4n) is 3.63. The number of benzene rings is 3. The van der Waals surface area contributed by atoms with Gasteiger partial charge in [-0.15, -0.1) is 0 Å². The number of rotatable bonds is 5. The van der Waals surface area contributed by atoms with Crippen LogP contribution in [0.1, 0.15) is 32.6 Å². The molecule has 3 aromatic rings. The van der Waals surface area contributed by atoms with Crippen LogP contribution in [-0.2, 0) is 17.4 Å². The molecule has 1 N–H and O–H groups in total. The maximum absolute atomic E-state index is 12.9. The molecular formula is C27H23F3N2O2S. The van der Waals surface area contributed by atoms with Gasteiger partial charge in [0.05, 0.1) is 16.2 Å². The van der Waals surface area contributed by atoms with Gasteiger partial charge in [-0.05, 0) is 60.9 Å². The highest BCUT2D eigenvalue weighted by atomic mass is 32.2. The van der Waals surface area contributed by atoms with E-state index in [0.29, 0.717) is 34.7 Å². The molecule has 1 aliphatic rings. The molecule has 180 valence electrons. The largest absolute Gasteiger partial charge is 0.416 e. The molecule has 0 spiro atoms. The van der Waals surface area contributed by atoms with Crippen LogP contribution >= 0.6 is 11.8 Å². The van der Waals surface area contributed by atoms with Crippen molar-refractivity contribution < 1.29 is 22.8 Å². The Morgan fingerprint density at radius 3 is 2.37 bits per heavy atom. The van der Waals surface area contributed by atoms with Crippen LogP contribution in [-0.4, -0.2) is 25.4 Å². The molecule has 0 aromatic heterocycles. The highest BCUT2D eigenvalue weighted by Crippen LogP contribution is 2.42. The Hall–Kier alpha value is -3.52. The lowest BCUT2D eigenvalue weighted by Gasteiger charge is -2.27. The normalized spacial score (nSPS) is 14.7. The molecule has 3 aromatic carbocycles. The zero-order chi connectivity index (χ0) is 25.2. The van der Waals surface area contributed by atoms with Crippen molar-refractivity contribution in [3.05, 3.63) is 99.5 Å². The minimum Gasteiger partial charge on any atom is -0.352 e. The maximum Gasteiger partial charge on any atom is 0.416 e. The van der Waals surface area contributed by atoms with Gasteiger partial charge >= 0.3 is 6.18 Å². The number of anilines is 1. The first-order valence-corrected chi connectivity index (χ1v) is 11.8. The summed E-state index contributed by atoms with van der Waals surface area (Å²) in [5.74, 6) is -0.517. The van der Waals surface area contributed by atoms with E-state index in [4.69, 9.17) is 0 Å². The molecule has 2 amide bonds. The van der Waals surface area contributed by atoms with E-state index in [9.17, 15) is 22.8 Å². The molecule has 8 heteroatoms. The number of alkyl halides is 3. The van der Waals surface area contributed by atoms with Crippen molar-refractivity contribution in [3.8, 4) is 0 Å². The Kier molecular flexibility index (Phi) is 7.03. The SMILES string of the molecule is Cc1ccc(CCNC(=O)c2ccc3c(c2)N(C)C(=O)C(=Cc2ccc(C(F)(F)F)cc2)S3)cc1. The maximum atomic E-state index is 12.9. The summed E-state index contributed by atoms with van der Waals surface area (Å²) in [4.78, 5) is 28.2. The zero-order valence-corrected chi connectivity index (χ0v) is 20.0. The number of nitrogens with zero attached hydrogens (tertiary/aromatic N) is 1. The van der Waals surface area contributed by atoms with Crippen LogP contribution < -0.4 is 10.2 Å². The first kappa shape index (κ1) is 24.6. The number of carbonyl (C=O) groups excluding carboxylic acids is 2. The minimum absolute atomic E-state index is 0.225. The lowest BCUT2D eigenvalue weighted by molar-refractivity contribution is -0.137. The average molecular weight is 497 g/mol. The van der Waals surface area contributed by atoms with Crippen LogP contribution in [0.3, 0.4) is 0 Å². The van der Waals surface area contributed by atoms with Crippen molar-refractivity contribution in [2.45, 2.75) is 24.4 Å². The second-order valence-electron chi connectivity index (χ2n) is 8.27. The van der Waals surface area contributed by atoms with Gasteiger partial charge < -0.3 is 10.2 Å². The summed E-state index contributed by atoms with van der Waals surface area (Å²) in [5, 5.41) is 2.91. The van der Waals surface area contributed by atoms with E-state index in [2.05, 4.69) is 5.32 Å². The Bertz CT molecular complexity index is 1280. The standard InChI is InChI=1S/C27H23F3N2O2S/c1-17-3-5-18(6-4-17)13-14-31-25(33)20-9-12-23-22(16-20)32(2)26(34)24(35-23)15-19-7-10-21(11-8-19)27(28,29)30/h3-12,15-16H,13-14H2,1-2H3,(H,31,33). The molecule has 0 saturated heterocycles. The number of carbonyl (C=O) groups is 2. The number of halogens is 3. The third-order valence-corrected chi connectivity index (χ3v) is 6.75. The van der Waals surface area contributed by atoms with Gasteiger partial charge in [-0.2, -0.15) is 13.2 Å². The molecule has 0 radical (unpaired) electrons. The molecule has 0 bridgehead atoms. The van der Waals surface area contributed by atoms with Gasteiger partial charge in [-0.25, -0.2) is 0 Å². The third-order valence-electron chi connectivity index (χ3n) is 5.67. The van der Waals surface area contributed by atoms with Gasteiger partial charge in [0.2, 0.25) is 0 Å². The number of nitrogens with one attached hydrogen (secondary N) is 1. The first-order valence-electron chi connectivity index (χ1n) is 10.9. The lowest BCUT2D eigenvalue weighted by atomic mass is 10.1. The van der Waals surface area contributed by atoms with Crippen molar-refractivity contribution >= 4 is 35.3 Å². The molecule has 0 fully saturated rings. The smallest absolute Gasteiger partial charge is 0.352 e. The van der Waals surface area contributed by atoms with Crippen LogP contribution in [0.25, 0.3) is 6.08 Å². The Labute approximate surface area is 205 Å². The number of fused-ring (bicyclic) bond motifs is 1. The topological polar surface area (TPSA) is 49.4 Å². The van der Waals surface area contributed by atoms with Crippen LogP contribution in [0.2, 0.25) is 0 Å². The fourth-order valence-corrected chi connectivity index (χ4v) is 4.72. The summed E-state index contributed by atoms with van der Waals surface area (Å²) < 4.78 is 38.4. The highest BCUT2D eigenvalue weighted by Gasteiger charge is 2.30. The second-order valence-corrected chi connectivity index (χ2v) is 9.35. The molecule has 4 nitrogen and oxygen atoms in total. The summed E-state index contributed by atoms with van der Waals surface area (Å²) in [6.07, 6.45) is -2.13. The van der Waals surface area contributed by atoms with Crippen molar-refractivity contribution in [1.29, 1.82) is 0 Å². The van der Waals surface area contributed by atoms with E-state index < -0.39 is 11.7 Å². The fraction of sp³-hybridized carbons (Fsp3) is 0.185. The Morgan fingerprint density at radius 1 is 1.03 bits per heavy atom. The van der Waals surface area contributed by atoms with Crippen LogP contribution in [0.5, 0.6) is 0 Å². The number of hydrogen-bond acceptors (Lipinski definition) is 3. The molecular weight excluding hydrogens is 473 g/mol. The highest BCUT2D eigenvalue weighted by molar-refractivity contribution is 8.04. The quantitative estimate of drug-likeness (QED) is 0.435. The third kappa shape index (κ3) is 5.77. The number of amides is 2. The van der Waals surface area contributed by atoms with E-state index in [1.165, 1.54) is 34.4 Å². The molecule has 4 rings (SSSR count). The molecule has 0 aliphatic carbocycles. The van der Waals surface area contributed by atoms with Gasteiger partial charge in [0.25, 0.3) is 11.8 Å². The predicted molar refractivity (Wildman–Crippen MR) is 132 cm³/mol. The van der Waals surface area contributed by atoms with Crippen molar-refractivity contribution in [1.82, 2.24) is 5.32 Å². The van der Waals surface area contributed by atoms with E-state index in [1.54, 1.807) is 31.3 Å². The molecule has 35 heavy (non-hydrogen) atoms. The molecule has 0 unspecified atom stereocenters. The van der Waals surface area contributed by atoms with Crippen molar-refractivity contribution in [2.75, 3.05) is 18.5 Å².